The third-order valence-electron chi connectivity index (χ3n) is 3.92. The third-order valence-corrected chi connectivity index (χ3v) is 4.16. The molecule has 2 aromatic carbocycles. The molecule has 0 aliphatic rings. The molecular formula is C19H22ClFN2O. The van der Waals surface area contributed by atoms with E-state index in [0.717, 1.165) is 18.7 Å². The van der Waals surface area contributed by atoms with Gasteiger partial charge in [-0.05, 0) is 49.2 Å². The minimum absolute atomic E-state index is 0.000529. The molecule has 0 heterocycles. The second-order valence-corrected chi connectivity index (χ2v) is 5.96. The zero-order valence-corrected chi connectivity index (χ0v) is 14.7. The van der Waals surface area contributed by atoms with E-state index in [-0.39, 0.29) is 12.3 Å². The first kappa shape index (κ1) is 18.3. The number of amides is 1. The van der Waals surface area contributed by atoms with Gasteiger partial charge in [-0.3, -0.25) is 4.79 Å². The summed E-state index contributed by atoms with van der Waals surface area (Å²) >= 11 is 5.71. The normalized spacial score (nSPS) is 10.5. The van der Waals surface area contributed by atoms with Gasteiger partial charge in [0.15, 0.2) is 0 Å². The van der Waals surface area contributed by atoms with E-state index in [1.807, 2.05) is 24.3 Å². The van der Waals surface area contributed by atoms with Crippen LogP contribution >= 0.6 is 11.6 Å². The average Bonchev–Trinajstić information content (AvgIpc) is 2.58. The molecule has 0 fully saturated rings. The van der Waals surface area contributed by atoms with Crippen molar-refractivity contribution in [1.29, 1.82) is 0 Å². The topological polar surface area (TPSA) is 32.3 Å². The molecule has 0 aromatic heterocycles. The lowest BCUT2D eigenvalue weighted by molar-refractivity contribution is -0.120. The van der Waals surface area contributed by atoms with Crippen LogP contribution in [0.4, 0.5) is 10.1 Å². The second kappa shape index (κ2) is 8.69. The molecule has 24 heavy (non-hydrogen) atoms. The van der Waals surface area contributed by atoms with Crippen molar-refractivity contribution in [3.63, 3.8) is 0 Å². The summed E-state index contributed by atoms with van der Waals surface area (Å²) in [4.78, 5) is 14.2. The van der Waals surface area contributed by atoms with E-state index in [4.69, 9.17) is 11.6 Å². The first-order valence-corrected chi connectivity index (χ1v) is 8.45. The van der Waals surface area contributed by atoms with E-state index in [2.05, 4.69) is 24.1 Å². The van der Waals surface area contributed by atoms with Gasteiger partial charge in [0.2, 0.25) is 5.91 Å². The molecule has 128 valence electrons. The Balaban J connectivity index is 1.89. The van der Waals surface area contributed by atoms with Crippen molar-refractivity contribution in [3.8, 4) is 0 Å². The van der Waals surface area contributed by atoms with Crippen LogP contribution in [0.25, 0.3) is 0 Å². The summed E-state index contributed by atoms with van der Waals surface area (Å²) in [5.74, 6) is -0.676. The van der Waals surface area contributed by atoms with Crippen LogP contribution in [0.2, 0.25) is 5.02 Å². The number of nitrogens with zero attached hydrogens (tertiary/aromatic N) is 1. The smallest absolute Gasteiger partial charge is 0.224 e. The predicted octanol–water partition coefficient (Wildman–Crippen LogP) is 4.18. The SMILES string of the molecule is CCN(CC)c1ccc(CNC(=O)Cc2ccc(Cl)cc2F)cc1. The van der Waals surface area contributed by atoms with Crippen molar-refractivity contribution in [2.75, 3.05) is 18.0 Å². The van der Waals surface area contributed by atoms with E-state index >= 15 is 0 Å². The van der Waals surface area contributed by atoms with Crippen LogP contribution in [0.5, 0.6) is 0 Å². The summed E-state index contributed by atoms with van der Waals surface area (Å²) < 4.78 is 13.7. The summed E-state index contributed by atoms with van der Waals surface area (Å²) in [5, 5.41) is 3.14. The van der Waals surface area contributed by atoms with Gasteiger partial charge in [-0.2, -0.15) is 0 Å². The van der Waals surface area contributed by atoms with Crippen molar-refractivity contribution in [2.24, 2.45) is 0 Å². The van der Waals surface area contributed by atoms with Gasteiger partial charge >= 0.3 is 0 Å². The number of nitrogens with one attached hydrogen (secondary N) is 1. The summed E-state index contributed by atoms with van der Waals surface area (Å²) in [5.41, 5.74) is 2.52. The maximum absolute atomic E-state index is 13.7. The van der Waals surface area contributed by atoms with Gasteiger partial charge in [-0.25, -0.2) is 4.39 Å². The second-order valence-electron chi connectivity index (χ2n) is 5.53. The van der Waals surface area contributed by atoms with Crippen LogP contribution in [-0.2, 0) is 17.8 Å². The quantitative estimate of drug-likeness (QED) is 0.814. The number of hydrogen-bond donors (Lipinski definition) is 1. The van der Waals surface area contributed by atoms with Crippen LogP contribution in [0.3, 0.4) is 0 Å². The van der Waals surface area contributed by atoms with Gasteiger partial charge in [0.05, 0.1) is 6.42 Å². The molecule has 0 saturated carbocycles. The standard InChI is InChI=1S/C19H22ClFN2O/c1-3-23(4-2)17-9-5-14(6-10-17)13-22-19(24)11-15-7-8-16(20)12-18(15)21/h5-10,12H,3-4,11,13H2,1-2H3,(H,22,24). The minimum atomic E-state index is -0.457. The van der Waals surface area contributed by atoms with Gasteiger partial charge in [-0.15, -0.1) is 0 Å². The summed E-state index contributed by atoms with van der Waals surface area (Å²) in [6.07, 6.45) is 0.000529. The monoisotopic (exact) mass is 348 g/mol. The molecule has 2 rings (SSSR count). The Hall–Kier alpha value is -2.07. The van der Waals surface area contributed by atoms with Gasteiger partial charge in [-0.1, -0.05) is 29.8 Å². The molecule has 0 bridgehead atoms. The lowest BCUT2D eigenvalue weighted by Gasteiger charge is -2.21. The molecule has 0 saturated heterocycles. The maximum Gasteiger partial charge on any atom is 0.224 e. The third kappa shape index (κ3) is 4.96. The van der Waals surface area contributed by atoms with E-state index in [9.17, 15) is 9.18 Å². The fraction of sp³-hybridized carbons (Fsp3) is 0.316. The molecule has 5 heteroatoms. The summed E-state index contributed by atoms with van der Waals surface area (Å²) in [7, 11) is 0. The van der Waals surface area contributed by atoms with Gasteiger partial charge in [0, 0.05) is 30.3 Å². The van der Waals surface area contributed by atoms with Crippen LogP contribution in [0.1, 0.15) is 25.0 Å². The molecule has 0 atom stereocenters. The molecule has 2 aromatic rings. The maximum atomic E-state index is 13.7. The van der Waals surface area contributed by atoms with Crippen molar-refractivity contribution in [2.45, 2.75) is 26.8 Å². The molecule has 1 amide bonds. The van der Waals surface area contributed by atoms with Crippen molar-refractivity contribution >= 4 is 23.2 Å². The van der Waals surface area contributed by atoms with E-state index < -0.39 is 5.82 Å². The van der Waals surface area contributed by atoms with E-state index in [0.29, 0.717) is 17.1 Å². The highest BCUT2D eigenvalue weighted by Crippen LogP contribution is 2.16. The largest absolute Gasteiger partial charge is 0.372 e. The number of carbonyl (C=O) groups is 1. The Morgan fingerprint density at radius 1 is 1.12 bits per heavy atom. The van der Waals surface area contributed by atoms with Crippen LogP contribution in [0.15, 0.2) is 42.5 Å². The number of halogens is 2. The number of hydrogen-bond acceptors (Lipinski definition) is 2. The summed E-state index contributed by atoms with van der Waals surface area (Å²) in [6.45, 7) is 6.58. The Kier molecular flexibility index (Phi) is 6.62. The molecule has 0 radical (unpaired) electrons. The van der Waals surface area contributed by atoms with Crippen LogP contribution in [0, 0.1) is 5.82 Å². The van der Waals surface area contributed by atoms with Crippen molar-refractivity contribution < 1.29 is 9.18 Å². The Morgan fingerprint density at radius 2 is 1.79 bits per heavy atom. The fourth-order valence-electron chi connectivity index (χ4n) is 2.51. The van der Waals surface area contributed by atoms with Crippen molar-refractivity contribution in [3.05, 3.63) is 64.4 Å². The molecule has 1 N–H and O–H groups in total. The number of rotatable bonds is 7. The lowest BCUT2D eigenvalue weighted by Crippen LogP contribution is -2.25. The average molecular weight is 349 g/mol. The highest BCUT2D eigenvalue weighted by Gasteiger charge is 2.09. The van der Waals surface area contributed by atoms with Crippen LogP contribution < -0.4 is 10.2 Å². The molecule has 0 unspecified atom stereocenters. The summed E-state index contributed by atoms with van der Waals surface area (Å²) in [6, 6.07) is 12.4. The molecule has 0 aliphatic heterocycles. The van der Waals surface area contributed by atoms with Crippen molar-refractivity contribution in [1.82, 2.24) is 5.32 Å². The zero-order chi connectivity index (χ0) is 17.5. The highest BCUT2D eigenvalue weighted by molar-refractivity contribution is 6.30. The zero-order valence-electron chi connectivity index (χ0n) is 14.0. The number of benzene rings is 2. The Labute approximate surface area is 147 Å². The van der Waals surface area contributed by atoms with E-state index in [1.165, 1.54) is 17.8 Å². The Morgan fingerprint density at radius 3 is 2.38 bits per heavy atom. The molecular weight excluding hydrogens is 327 g/mol. The number of carbonyl (C=O) groups excluding carboxylic acids is 1. The molecule has 3 nitrogen and oxygen atoms in total. The highest BCUT2D eigenvalue weighted by atomic mass is 35.5. The predicted molar refractivity (Wildman–Crippen MR) is 97.0 cm³/mol. The number of anilines is 1. The Bertz CT molecular complexity index is 684. The first-order valence-electron chi connectivity index (χ1n) is 8.08. The van der Waals surface area contributed by atoms with Gasteiger partial charge < -0.3 is 10.2 Å². The van der Waals surface area contributed by atoms with Gasteiger partial charge in [0.25, 0.3) is 0 Å². The lowest BCUT2D eigenvalue weighted by atomic mass is 10.1. The van der Waals surface area contributed by atoms with Gasteiger partial charge in [0.1, 0.15) is 5.82 Å². The van der Waals surface area contributed by atoms with E-state index in [1.54, 1.807) is 6.07 Å². The first-order chi connectivity index (χ1) is 11.5. The fourth-order valence-corrected chi connectivity index (χ4v) is 2.67. The molecule has 0 aliphatic carbocycles. The molecule has 0 spiro atoms. The minimum Gasteiger partial charge on any atom is -0.372 e. The van der Waals surface area contributed by atoms with Crippen LogP contribution in [-0.4, -0.2) is 19.0 Å².